The van der Waals surface area contributed by atoms with E-state index in [0.717, 1.165) is 15.0 Å². The average molecular weight is 392 g/mol. The molecule has 1 aromatic carbocycles. The quantitative estimate of drug-likeness (QED) is 0.694. The zero-order valence-corrected chi connectivity index (χ0v) is 13.3. The summed E-state index contributed by atoms with van der Waals surface area (Å²) in [5, 5.41) is 11.1. The number of pyridine rings is 1. The molecule has 0 bridgehead atoms. The first-order valence-corrected chi connectivity index (χ1v) is 7.64. The van der Waals surface area contributed by atoms with Crippen molar-refractivity contribution in [1.82, 2.24) is 19.9 Å². The van der Waals surface area contributed by atoms with Gasteiger partial charge in [-0.25, -0.2) is 0 Å². The van der Waals surface area contributed by atoms with Gasteiger partial charge in [-0.15, -0.1) is 10.2 Å². The van der Waals surface area contributed by atoms with Crippen LogP contribution in [0.5, 0.6) is 0 Å². The minimum absolute atomic E-state index is 0.0692. The largest absolute Gasteiger partial charge is 0.352 e. The highest BCUT2D eigenvalue weighted by Crippen LogP contribution is 2.07. The summed E-state index contributed by atoms with van der Waals surface area (Å²) < 4.78 is 3.04. The second kappa shape index (κ2) is 6.21. The lowest BCUT2D eigenvalue weighted by Crippen LogP contribution is -2.26. The number of hydrogen-bond donors (Lipinski definition) is 1. The molecule has 0 aliphatic carbocycles. The van der Waals surface area contributed by atoms with E-state index in [4.69, 9.17) is 0 Å². The third-order valence-electron chi connectivity index (χ3n) is 3.12. The van der Waals surface area contributed by atoms with Crippen molar-refractivity contribution in [3.05, 3.63) is 63.6 Å². The van der Waals surface area contributed by atoms with Crippen molar-refractivity contribution < 1.29 is 4.79 Å². The number of fused-ring (bicyclic) bond motifs is 1. The fourth-order valence-electron chi connectivity index (χ4n) is 2.05. The van der Waals surface area contributed by atoms with E-state index in [1.165, 1.54) is 0 Å². The number of hydrogen-bond acceptors (Lipinski definition) is 3. The van der Waals surface area contributed by atoms with Crippen LogP contribution in [0, 0.1) is 3.57 Å². The number of benzene rings is 1. The molecule has 1 amide bonds. The van der Waals surface area contributed by atoms with Gasteiger partial charge in [0.1, 0.15) is 5.82 Å². The van der Waals surface area contributed by atoms with Gasteiger partial charge in [0, 0.05) is 28.3 Å². The average Bonchev–Trinajstić information content (AvgIpc) is 2.91. The first kappa shape index (κ1) is 14.0. The molecule has 0 aliphatic rings. The highest BCUT2D eigenvalue weighted by atomic mass is 127. The van der Waals surface area contributed by atoms with Crippen molar-refractivity contribution in [3.63, 3.8) is 0 Å². The molecule has 2 aromatic heterocycles. The van der Waals surface area contributed by atoms with Crippen LogP contribution in [0.2, 0.25) is 0 Å². The number of rotatable bonds is 4. The SMILES string of the molecule is O=C(NCCc1nnc2ccccn12)c1ccc(I)cc1. The third-order valence-corrected chi connectivity index (χ3v) is 3.84. The Labute approximate surface area is 135 Å². The summed E-state index contributed by atoms with van der Waals surface area (Å²) in [6.07, 6.45) is 2.56. The summed E-state index contributed by atoms with van der Waals surface area (Å²) >= 11 is 2.21. The van der Waals surface area contributed by atoms with Gasteiger partial charge in [-0.3, -0.25) is 9.20 Å². The Morgan fingerprint density at radius 2 is 1.95 bits per heavy atom. The Morgan fingerprint density at radius 1 is 1.14 bits per heavy atom. The van der Waals surface area contributed by atoms with Crippen LogP contribution >= 0.6 is 22.6 Å². The molecule has 0 aliphatic heterocycles. The van der Waals surface area contributed by atoms with Crippen LogP contribution in [0.1, 0.15) is 16.2 Å². The number of carbonyl (C=O) groups is 1. The Morgan fingerprint density at radius 3 is 2.76 bits per heavy atom. The maximum atomic E-state index is 12.0. The van der Waals surface area contributed by atoms with E-state index in [1.807, 2.05) is 53.1 Å². The van der Waals surface area contributed by atoms with Gasteiger partial charge in [0.15, 0.2) is 5.65 Å². The number of aromatic nitrogens is 3. The zero-order chi connectivity index (χ0) is 14.7. The van der Waals surface area contributed by atoms with Crippen LogP contribution in [0.15, 0.2) is 48.7 Å². The van der Waals surface area contributed by atoms with Gasteiger partial charge in [-0.1, -0.05) is 6.07 Å². The van der Waals surface area contributed by atoms with Crippen LogP contribution in [0.25, 0.3) is 5.65 Å². The van der Waals surface area contributed by atoms with Gasteiger partial charge in [0.05, 0.1) is 0 Å². The van der Waals surface area contributed by atoms with Crippen molar-refractivity contribution in [2.45, 2.75) is 6.42 Å². The van der Waals surface area contributed by atoms with Crippen molar-refractivity contribution in [2.75, 3.05) is 6.54 Å². The topological polar surface area (TPSA) is 59.3 Å². The fraction of sp³-hybridized carbons (Fsp3) is 0.133. The molecule has 0 fully saturated rings. The molecule has 3 rings (SSSR count). The van der Waals surface area contributed by atoms with Gasteiger partial charge >= 0.3 is 0 Å². The maximum absolute atomic E-state index is 12.0. The highest BCUT2D eigenvalue weighted by Gasteiger charge is 2.07. The third kappa shape index (κ3) is 3.21. The smallest absolute Gasteiger partial charge is 0.251 e. The minimum atomic E-state index is -0.0692. The summed E-state index contributed by atoms with van der Waals surface area (Å²) in [6.45, 7) is 0.528. The summed E-state index contributed by atoms with van der Waals surface area (Å²) in [5.41, 5.74) is 1.48. The van der Waals surface area contributed by atoms with E-state index >= 15 is 0 Å². The normalized spacial score (nSPS) is 10.7. The second-order valence-corrected chi connectivity index (χ2v) is 5.80. The van der Waals surface area contributed by atoms with Crippen LogP contribution in [0.4, 0.5) is 0 Å². The Kier molecular flexibility index (Phi) is 4.14. The first-order chi connectivity index (χ1) is 10.2. The zero-order valence-electron chi connectivity index (χ0n) is 11.2. The van der Waals surface area contributed by atoms with E-state index < -0.39 is 0 Å². The Hall–Kier alpha value is -1.96. The standard InChI is InChI=1S/C15H13IN4O/c16-12-6-4-11(5-7-12)15(21)17-9-8-14-19-18-13-3-1-2-10-20(13)14/h1-7,10H,8-9H2,(H,17,21). The molecule has 0 saturated carbocycles. The molecule has 5 nitrogen and oxygen atoms in total. The van der Waals surface area contributed by atoms with Gasteiger partial charge in [0.2, 0.25) is 0 Å². The maximum Gasteiger partial charge on any atom is 0.251 e. The van der Waals surface area contributed by atoms with E-state index in [1.54, 1.807) is 0 Å². The monoisotopic (exact) mass is 392 g/mol. The fourth-order valence-corrected chi connectivity index (χ4v) is 2.41. The van der Waals surface area contributed by atoms with Crippen LogP contribution in [-0.4, -0.2) is 27.0 Å². The molecule has 0 unspecified atom stereocenters. The number of amides is 1. The van der Waals surface area contributed by atoms with Gasteiger partial charge in [-0.05, 0) is 59.0 Å². The molecule has 2 heterocycles. The first-order valence-electron chi connectivity index (χ1n) is 6.56. The second-order valence-electron chi connectivity index (χ2n) is 4.56. The van der Waals surface area contributed by atoms with Gasteiger partial charge in [-0.2, -0.15) is 0 Å². The number of halogens is 1. The highest BCUT2D eigenvalue weighted by molar-refractivity contribution is 14.1. The molecule has 106 valence electrons. The predicted octanol–water partition coefficient (Wildman–Crippen LogP) is 2.31. The molecule has 21 heavy (non-hydrogen) atoms. The van der Waals surface area contributed by atoms with E-state index in [2.05, 4.69) is 38.1 Å². The van der Waals surface area contributed by atoms with E-state index in [-0.39, 0.29) is 5.91 Å². The van der Waals surface area contributed by atoms with E-state index in [0.29, 0.717) is 18.5 Å². The molecule has 1 N–H and O–H groups in total. The molecular formula is C15H13IN4O. The van der Waals surface area contributed by atoms with Gasteiger partial charge in [0.25, 0.3) is 5.91 Å². The van der Waals surface area contributed by atoms with Crippen molar-refractivity contribution in [1.29, 1.82) is 0 Å². The number of carbonyl (C=O) groups excluding carboxylic acids is 1. The van der Waals surface area contributed by atoms with Crippen molar-refractivity contribution >= 4 is 34.1 Å². The Balaban J connectivity index is 1.61. The minimum Gasteiger partial charge on any atom is -0.352 e. The van der Waals surface area contributed by atoms with Crippen molar-refractivity contribution in [2.24, 2.45) is 0 Å². The molecule has 0 spiro atoms. The van der Waals surface area contributed by atoms with E-state index in [9.17, 15) is 4.79 Å². The molecule has 6 heteroatoms. The van der Waals surface area contributed by atoms with Gasteiger partial charge < -0.3 is 5.32 Å². The van der Waals surface area contributed by atoms with Crippen LogP contribution < -0.4 is 5.32 Å². The molecule has 3 aromatic rings. The molecule has 0 atom stereocenters. The molecule has 0 radical (unpaired) electrons. The summed E-state index contributed by atoms with van der Waals surface area (Å²) in [5.74, 6) is 0.772. The molecule has 0 saturated heterocycles. The predicted molar refractivity (Wildman–Crippen MR) is 88.2 cm³/mol. The molecular weight excluding hydrogens is 379 g/mol. The summed E-state index contributed by atoms with van der Waals surface area (Å²) in [4.78, 5) is 12.0. The lowest BCUT2D eigenvalue weighted by molar-refractivity contribution is 0.0954. The number of nitrogens with one attached hydrogen (secondary N) is 1. The lowest BCUT2D eigenvalue weighted by atomic mass is 10.2. The van der Waals surface area contributed by atoms with Crippen molar-refractivity contribution in [3.8, 4) is 0 Å². The summed E-state index contributed by atoms with van der Waals surface area (Å²) in [7, 11) is 0. The number of nitrogens with zero attached hydrogens (tertiary/aromatic N) is 3. The lowest BCUT2D eigenvalue weighted by Gasteiger charge is -2.04. The Bertz CT molecular complexity index is 767. The van der Waals surface area contributed by atoms with Crippen LogP contribution in [0.3, 0.4) is 0 Å². The van der Waals surface area contributed by atoms with Crippen LogP contribution in [-0.2, 0) is 6.42 Å². The summed E-state index contributed by atoms with van der Waals surface area (Å²) in [6, 6.07) is 13.2.